The number of hydrogen-bond donors (Lipinski definition) is 1. The van der Waals surface area contributed by atoms with Crippen molar-refractivity contribution in [1.29, 1.82) is 0 Å². The smallest absolute Gasteiger partial charge is 0.227 e. The first kappa shape index (κ1) is 18.5. The lowest BCUT2D eigenvalue weighted by molar-refractivity contribution is -0.117. The number of benzene rings is 2. The zero-order valence-electron chi connectivity index (χ0n) is 16.1. The molecule has 1 fully saturated rings. The number of amides is 1. The maximum Gasteiger partial charge on any atom is 0.227 e. The first-order valence-electron chi connectivity index (χ1n) is 9.96. The molecule has 0 spiro atoms. The summed E-state index contributed by atoms with van der Waals surface area (Å²) in [5, 5.41) is 10.4. The second-order valence-electron chi connectivity index (χ2n) is 7.73. The molecule has 1 N–H and O–H groups in total. The number of ether oxygens (including phenoxy) is 1. The Bertz CT molecular complexity index is 893. The fourth-order valence-corrected chi connectivity index (χ4v) is 4.24. The number of phenolic OH excluding ortho intramolecular Hbond substituents is 1. The molecule has 28 heavy (non-hydrogen) atoms. The quantitative estimate of drug-likeness (QED) is 0.814. The molecule has 2 heterocycles. The molecule has 146 valence electrons. The number of carbonyl (C=O) groups excluding carboxylic acids is 2. The Hall–Kier alpha value is -2.82. The molecular weight excluding hydrogens is 354 g/mol. The Balaban J connectivity index is 1.46. The van der Waals surface area contributed by atoms with Crippen LogP contribution in [0.1, 0.15) is 54.9 Å². The van der Waals surface area contributed by atoms with Gasteiger partial charge in [0.2, 0.25) is 5.91 Å². The number of phenols is 1. The molecule has 0 bridgehead atoms. The Labute approximate surface area is 164 Å². The van der Waals surface area contributed by atoms with Gasteiger partial charge in [0, 0.05) is 31.0 Å². The molecule has 0 aromatic heterocycles. The number of carbonyl (C=O) groups is 2. The summed E-state index contributed by atoms with van der Waals surface area (Å²) in [7, 11) is 0. The molecule has 2 aliphatic rings. The molecular formula is C23H25NO4. The summed E-state index contributed by atoms with van der Waals surface area (Å²) < 4.78 is 6.01. The van der Waals surface area contributed by atoms with Gasteiger partial charge in [-0.1, -0.05) is 30.3 Å². The first-order valence-corrected chi connectivity index (χ1v) is 9.96. The van der Waals surface area contributed by atoms with Crippen LogP contribution in [0.3, 0.4) is 0 Å². The topological polar surface area (TPSA) is 66.8 Å². The first-order chi connectivity index (χ1) is 13.5. The molecule has 5 nitrogen and oxygen atoms in total. The highest BCUT2D eigenvalue weighted by atomic mass is 16.5. The summed E-state index contributed by atoms with van der Waals surface area (Å²) >= 11 is 0. The summed E-state index contributed by atoms with van der Waals surface area (Å²) in [6, 6.07) is 13.5. The molecule has 2 aliphatic heterocycles. The number of hydrogen-bond acceptors (Lipinski definition) is 4. The lowest BCUT2D eigenvalue weighted by atomic mass is 9.94. The number of aromatic hydroxyl groups is 1. The molecule has 0 saturated carbocycles. The number of nitrogens with zero attached hydrogens (tertiary/aromatic N) is 1. The normalized spacial score (nSPS) is 19.3. The molecule has 1 amide bonds. The Kier molecular flexibility index (Phi) is 5.07. The van der Waals surface area contributed by atoms with Crippen LogP contribution < -0.4 is 9.64 Å². The summed E-state index contributed by atoms with van der Waals surface area (Å²) in [5.41, 5.74) is 2.05. The monoisotopic (exact) mass is 379 g/mol. The minimum atomic E-state index is -0.106. The fourth-order valence-electron chi connectivity index (χ4n) is 4.24. The molecule has 5 heteroatoms. The standard InChI is InChI=1S/C23H25NO4/c1-15(6-5-9-16-7-3-2-4-8-16)28-18-13-19-23(21(26)14-18)20(25)12-17-10-11-22(27)24(17)19/h2-4,7-8,13-15,17,26H,5-6,9-12H2,1H3. The fraction of sp³-hybridized carbons (Fsp3) is 0.391. The van der Waals surface area contributed by atoms with Crippen LogP contribution >= 0.6 is 0 Å². The van der Waals surface area contributed by atoms with Crippen molar-refractivity contribution in [3.63, 3.8) is 0 Å². The molecule has 4 rings (SSSR count). The van der Waals surface area contributed by atoms with Crippen LogP contribution in [0.25, 0.3) is 0 Å². The highest BCUT2D eigenvalue weighted by molar-refractivity contribution is 6.12. The third-order valence-electron chi connectivity index (χ3n) is 5.61. The van der Waals surface area contributed by atoms with E-state index in [1.54, 1.807) is 11.0 Å². The molecule has 2 unspecified atom stereocenters. The maximum atomic E-state index is 12.4. The van der Waals surface area contributed by atoms with Crippen LogP contribution in [0.15, 0.2) is 42.5 Å². The van der Waals surface area contributed by atoms with Crippen molar-refractivity contribution in [1.82, 2.24) is 0 Å². The van der Waals surface area contributed by atoms with E-state index < -0.39 is 0 Å². The van der Waals surface area contributed by atoms with E-state index in [0.29, 0.717) is 24.3 Å². The SMILES string of the molecule is CC(CCCc1ccccc1)Oc1cc(O)c2c(c1)N1C(=O)CCC1CC2=O. The molecule has 2 atom stereocenters. The van der Waals surface area contributed by atoms with Gasteiger partial charge < -0.3 is 14.7 Å². The van der Waals surface area contributed by atoms with Crippen molar-refractivity contribution in [2.75, 3.05) is 4.90 Å². The third kappa shape index (κ3) is 3.61. The average Bonchev–Trinajstić information content (AvgIpc) is 3.03. The van der Waals surface area contributed by atoms with Crippen LogP contribution in [-0.2, 0) is 11.2 Å². The number of fused-ring (bicyclic) bond motifs is 3. The Morgan fingerprint density at radius 2 is 2.00 bits per heavy atom. The van der Waals surface area contributed by atoms with E-state index >= 15 is 0 Å². The van der Waals surface area contributed by atoms with E-state index in [4.69, 9.17) is 4.74 Å². The van der Waals surface area contributed by atoms with Crippen LogP contribution in [0.2, 0.25) is 0 Å². The second kappa shape index (κ2) is 7.66. The molecule has 1 saturated heterocycles. The lowest BCUT2D eigenvalue weighted by Crippen LogP contribution is -2.39. The van der Waals surface area contributed by atoms with Crippen molar-refractivity contribution in [3.05, 3.63) is 53.6 Å². The van der Waals surface area contributed by atoms with Crippen LogP contribution in [0, 0.1) is 0 Å². The van der Waals surface area contributed by atoms with Gasteiger partial charge >= 0.3 is 0 Å². The van der Waals surface area contributed by atoms with Crippen LogP contribution in [0.5, 0.6) is 11.5 Å². The minimum Gasteiger partial charge on any atom is -0.507 e. The van der Waals surface area contributed by atoms with Gasteiger partial charge in [-0.05, 0) is 38.2 Å². The Morgan fingerprint density at radius 3 is 2.79 bits per heavy atom. The minimum absolute atomic E-state index is 0.00575. The number of Topliss-reactive ketones (excluding diaryl/α,β-unsaturated/α-hetero) is 1. The lowest BCUT2D eigenvalue weighted by Gasteiger charge is -2.32. The zero-order chi connectivity index (χ0) is 19.7. The number of anilines is 1. The highest BCUT2D eigenvalue weighted by Crippen LogP contribution is 2.43. The van der Waals surface area contributed by atoms with E-state index in [1.807, 2.05) is 25.1 Å². The van der Waals surface area contributed by atoms with Crippen molar-refractivity contribution >= 4 is 17.4 Å². The predicted molar refractivity (Wildman–Crippen MR) is 107 cm³/mol. The van der Waals surface area contributed by atoms with Gasteiger partial charge in [0.25, 0.3) is 0 Å². The van der Waals surface area contributed by atoms with Gasteiger partial charge in [0.15, 0.2) is 5.78 Å². The van der Waals surface area contributed by atoms with Crippen molar-refractivity contribution in [3.8, 4) is 11.5 Å². The molecule has 0 aliphatic carbocycles. The summed E-state index contributed by atoms with van der Waals surface area (Å²) in [6.45, 7) is 2.00. The summed E-state index contributed by atoms with van der Waals surface area (Å²) in [4.78, 5) is 26.4. The van der Waals surface area contributed by atoms with Crippen LogP contribution in [-0.4, -0.2) is 28.9 Å². The number of ketones is 1. The number of rotatable bonds is 6. The summed E-state index contributed by atoms with van der Waals surface area (Å²) in [5.74, 6) is 0.292. The molecule has 2 aromatic carbocycles. The van der Waals surface area contributed by atoms with Gasteiger partial charge in [0.05, 0.1) is 17.4 Å². The van der Waals surface area contributed by atoms with E-state index in [1.165, 1.54) is 11.6 Å². The maximum absolute atomic E-state index is 12.4. The predicted octanol–water partition coefficient (Wildman–Crippen LogP) is 4.26. The number of aryl methyl sites for hydroxylation is 1. The summed E-state index contributed by atoms with van der Waals surface area (Å²) in [6.07, 6.45) is 4.23. The third-order valence-corrected chi connectivity index (χ3v) is 5.61. The van der Waals surface area contributed by atoms with E-state index in [0.717, 1.165) is 19.3 Å². The van der Waals surface area contributed by atoms with Gasteiger partial charge in [-0.3, -0.25) is 9.59 Å². The van der Waals surface area contributed by atoms with Gasteiger partial charge in [-0.15, -0.1) is 0 Å². The van der Waals surface area contributed by atoms with Gasteiger partial charge in [-0.2, -0.15) is 0 Å². The Morgan fingerprint density at radius 1 is 1.21 bits per heavy atom. The van der Waals surface area contributed by atoms with Gasteiger partial charge in [0.1, 0.15) is 11.5 Å². The largest absolute Gasteiger partial charge is 0.507 e. The van der Waals surface area contributed by atoms with E-state index in [2.05, 4.69) is 12.1 Å². The second-order valence-corrected chi connectivity index (χ2v) is 7.73. The van der Waals surface area contributed by atoms with E-state index in [9.17, 15) is 14.7 Å². The van der Waals surface area contributed by atoms with E-state index in [-0.39, 0.29) is 41.6 Å². The van der Waals surface area contributed by atoms with Crippen molar-refractivity contribution in [2.24, 2.45) is 0 Å². The highest BCUT2D eigenvalue weighted by Gasteiger charge is 2.41. The van der Waals surface area contributed by atoms with Crippen molar-refractivity contribution in [2.45, 2.75) is 57.6 Å². The average molecular weight is 379 g/mol. The van der Waals surface area contributed by atoms with Crippen molar-refractivity contribution < 1.29 is 19.4 Å². The molecule has 2 aromatic rings. The van der Waals surface area contributed by atoms with Gasteiger partial charge in [-0.25, -0.2) is 0 Å². The zero-order valence-corrected chi connectivity index (χ0v) is 16.1. The molecule has 0 radical (unpaired) electrons. The van der Waals surface area contributed by atoms with Crippen LogP contribution in [0.4, 0.5) is 5.69 Å².